The molecular weight excluding hydrogens is 1910 g/mol. The molecule has 3 aliphatic carbocycles. The SMILES string of the molecule is CC[C@@H]1C[C@H](N(Cc2cc(C(F)(F)F)cc(C(F)(F)F)c2)c2ncc(-c3cnn(C)c3)cn2)CN1C(=O)CC1CCC(C(=O)O)CC1.CC[C@@H]1C[C@H](N(Cc2cc(C(F)(F)F)cc(C(F)(F)F)c2)c2ncc(-c3cnn(C)c3)cn2)CN1C(=O)N(C)C1CCC(C(=O)O)CC1.CC[C@@H]1C[C@H](N(Cc2cc(C(F)(F)F)cc(C(F)(F)F)c2)c2ncc(-c3cnn(C)c3)cn2)CN1C(=O)OC1CCC(C(=O)O)CC1. The molecule has 0 unspecified atom stereocenters. The molecule has 6 aliphatic rings. The fourth-order valence-corrected chi connectivity index (χ4v) is 19.5. The number of hydrogen-bond acceptors (Lipinski definition) is 19. The standard InChI is InChI=1S/C32H37F6N7O3.C32H36F6N6O3.C31H34F6N6O4/c1-4-25-12-27(18-45(25)30(48)43(3)26-7-5-20(6-8-26)28(46)47)44(29-39-13-21(14-40-29)22-15-41-42(2)17-22)16-19-9-23(31(33,34)35)11-24(10-19)32(36,37)38;1-3-26-12-27(18-43(26)28(45)10-19-4-6-21(7-5-19)29(46)47)44(30-39-13-22(14-40-30)23-15-41-42(2)17-23)16-20-8-24(31(33,34)35)11-25(9-20)32(36,37)38;1-3-24-11-25(17-43(24)29(46)47-26-6-4-19(5-7-26)27(44)45)42(28-38-12-20(13-39-28)21-14-40-41(2)16-21)15-18-8-22(30(32,33)34)10-23(9-18)31(35,36)37/h9-11,13-15,17,20,25-27H,4-8,12,16,18H2,1-3H3,(H,46,47);8-9,11,13-15,17,19,21,26-27H,3-7,10,12,16,18H2,1-2H3,(H,46,47);8-10,12-14,16,19,24-26H,3-7,11,15,17H2,1-2H3,(H,44,45)/t20?,25-,26?,27+;19?,21?,26-,27+;19?,24-,25+,26?/m111/s1. The van der Waals surface area contributed by atoms with Gasteiger partial charge in [0.2, 0.25) is 23.8 Å². The minimum absolute atomic E-state index is 0.0417. The van der Waals surface area contributed by atoms with Gasteiger partial charge in [0.25, 0.3) is 0 Å². The monoisotopic (exact) mass is 2020 g/mol. The van der Waals surface area contributed by atoms with Gasteiger partial charge in [0.15, 0.2) is 0 Å². The van der Waals surface area contributed by atoms with Crippen LogP contribution in [0.15, 0.2) is 129 Å². The third-order valence-corrected chi connectivity index (χ3v) is 27.4. The van der Waals surface area contributed by atoms with Crippen molar-refractivity contribution in [3.8, 4) is 33.4 Å². The number of rotatable bonds is 25. The van der Waals surface area contributed by atoms with Crippen molar-refractivity contribution in [3.05, 3.63) is 179 Å². The van der Waals surface area contributed by atoms with E-state index in [9.17, 15) is 123 Å². The fraction of sp³-hybridized carbons (Fsp3) is 0.526. The Morgan fingerprint density at radius 2 is 0.634 bits per heavy atom. The fourth-order valence-electron chi connectivity index (χ4n) is 19.5. The average molecular weight is 2020 g/mol. The highest BCUT2D eigenvalue weighted by Crippen LogP contribution is 2.45. The molecule has 3 aliphatic heterocycles. The number of likely N-dealkylation sites (tertiary alicyclic amines) is 3. The Morgan fingerprint density at radius 1 is 0.359 bits per heavy atom. The lowest BCUT2D eigenvalue weighted by Gasteiger charge is -2.37. The van der Waals surface area contributed by atoms with Crippen LogP contribution in [0.5, 0.6) is 0 Å². The number of benzene rings is 3. The minimum Gasteiger partial charge on any atom is -0.481 e. The second kappa shape index (κ2) is 43.9. The molecule has 3 aromatic carbocycles. The van der Waals surface area contributed by atoms with Crippen molar-refractivity contribution in [2.75, 3.05) is 41.4 Å². The Bertz CT molecular complexity index is 5520. The molecule has 142 heavy (non-hydrogen) atoms. The zero-order valence-electron chi connectivity index (χ0n) is 78.2. The first-order valence-electron chi connectivity index (χ1n) is 46.4. The normalized spacial score (nSPS) is 21.9. The molecule has 4 amide bonds. The number of alkyl halides is 18. The van der Waals surface area contributed by atoms with Crippen molar-refractivity contribution in [1.82, 2.24) is 78.8 Å². The number of carboxylic acid groups (broad SMARTS) is 3. The molecule has 3 saturated carbocycles. The minimum atomic E-state index is -5.02. The lowest BCUT2D eigenvalue weighted by molar-refractivity contribution is -0.144. The van der Waals surface area contributed by atoms with E-state index >= 15 is 0 Å². The Balaban J connectivity index is 0.000000179. The van der Waals surface area contributed by atoms with Crippen molar-refractivity contribution in [1.29, 1.82) is 0 Å². The average Bonchev–Trinajstić information content (AvgIpc) is 1.04. The number of aliphatic carboxylic acids is 3. The molecule has 6 atom stereocenters. The van der Waals surface area contributed by atoms with Gasteiger partial charge in [0.05, 0.1) is 87.9 Å². The highest BCUT2D eigenvalue weighted by atomic mass is 19.4. The molecule has 9 heterocycles. The number of carboxylic acids is 3. The molecule has 6 aromatic heterocycles. The summed E-state index contributed by atoms with van der Waals surface area (Å²) >= 11 is 0. The summed E-state index contributed by atoms with van der Waals surface area (Å²) in [5.74, 6) is -3.73. The van der Waals surface area contributed by atoms with Crippen LogP contribution in [0.25, 0.3) is 33.4 Å². The Hall–Kier alpha value is -12.9. The molecule has 0 bridgehead atoms. The quantitative estimate of drug-likeness (QED) is 0.0448. The second-order valence-corrected chi connectivity index (χ2v) is 37.0. The predicted molar refractivity (Wildman–Crippen MR) is 477 cm³/mol. The molecule has 3 N–H and O–H groups in total. The van der Waals surface area contributed by atoms with Crippen molar-refractivity contribution < 1.29 is 128 Å². The molecule has 6 fully saturated rings. The van der Waals surface area contributed by atoms with Gasteiger partial charge in [0.1, 0.15) is 6.10 Å². The van der Waals surface area contributed by atoms with E-state index in [1.807, 2.05) is 20.8 Å². The zero-order chi connectivity index (χ0) is 103. The van der Waals surface area contributed by atoms with E-state index in [-0.39, 0.29) is 134 Å². The zero-order valence-corrected chi connectivity index (χ0v) is 78.2. The number of aromatic nitrogens is 12. The summed E-state index contributed by atoms with van der Waals surface area (Å²) in [6.07, 6.45) is -3.27. The Kier molecular flexibility index (Phi) is 32.9. The lowest BCUT2D eigenvalue weighted by Crippen LogP contribution is -2.49. The molecule has 9 aromatic rings. The summed E-state index contributed by atoms with van der Waals surface area (Å²) in [7, 11) is 6.88. The Labute approximate surface area is 803 Å². The van der Waals surface area contributed by atoms with Crippen LogP contribution in [0, 0.1) is 23.7 Å². The summed E-state index contributed by atoms with van der Waals surface area (Å²) in [5.41, 5.74) is -5.28. The van der Waals surface area contributed by atoms with E-state index in [4.69, 9.17) is 4.74 Å². The number of anilines is 3. The first kappa shape index (κ1) is 106. The molecule has 29 nitrogen and oxygen atoms in total. The number of carbonyl (C=O) groups is 6. The molecule has 0 spiro atoms. The largest absolute Gasteiger partial charge is 0.481 e. The van der Waals surface area contributed by atoms with E-state index in [0.29, 0.717) is 180 Å². The molecular formula is C95H107F18N19O10. The molecule has 15 rings (SSSR count). The molecule has 768 valence electrons. The van der Waals surface area contributed by atoms with Gasteiger partial charge in [-0.25, -0.2) is 39.5 Å². The second-order valence-electron chi connectivity index (χ2n) is 37.0. The van der Waals surface area contributed by atoms with E-state index in [2.05, 4.69) is 45.2 Å². The van der Waals surface area contributed by atoms with E-state index in [1.165, 1.54) is 47.0 Å². The molecule has 3 saturated heterocycles. The summed E-state index contributed by atoms with van der Waals surface area (Å²) in [4.78, 5) is 113. The maximum absolute atomic E-state index is 13.8. The number of hydrogen-bond donors (Lipinski definition) is 3. The van der Waals surface area contributed by atoms with Crippen LogP contribution in [0.2, 0.25) is 0 Å². The maximum atomic E-state index is 13.8. The van der Waals surface area contributed by atoms with E-state index in [1.54, 1.807) is 104 Å². The predicted octanol–water partition coefficient (Wildman–Crippen LogP) is 19.6. The number of ether oxygens (including phenoxy) is 1. The molecule has 47 heteroatoms. The van der Waals surface area contributed by atoms with Crippen molar-refractivity contribution in [3.63, 3.8) is 0 Å². The highest BCUT2D eigenvalue weighted by Gasteiger charge is 2.48. The van der Waals surface area contributed by atoms with Gasteiger partial charge in [-0.2, -0.15) is 94.3 Å². The van der Waals surface area contributed by atoms with E-state index in [0.717, 1.165) is 5.56 Å². The van der Waals surface area contributed by atoms with Gasteiger partial charge in [0, 0.05) is 187 Å². The van der Waals surface area contributed by atoms with Gasteiger partial charge in [-0.05, 0) is 193 Å². The van der Waals surface area contributed by atoms with Crippen LogP contribution in [-0.4, -0.2) is 205 Å². The smallest absolute Gasteiger partial charge is 0.416 e. The lowest BCUT2D eigenvalue weighted by atomic mass is 9.80. The van der Waals surface area contributed by atoms with Gasteiger partial charge in [-0.1, -0.05) is 20.8 Å². The topological polar surface area (TPSA) is 326 Å². The van der Waals surface area contributed by atoms with Gasteiger partial charge < -0.3 is 54.4 Å². The number of urea groups is 1. The summed E-state index contributed by atoms with van der Waals surface area (Å²) in [5, 5.41) is 40.3. The number of halogens is 18. The van der Waals surface area contributed by atoms with Crippen LogP contribution in [0.1, 0.15) is 193 Å². The van der Waals surface area contributed by atoms with Crippen LogP contribution < -0.4 is 14.7 Å². The number of aryl methyl sites for hydroxylation is 3. The van der Waals surface area contributed by atoms with Crippen LogP contribution in [-0.2, 0) is 102 Å². The first-order chi connectivity index (χ1) is 66.8. The van der Waals surface area contributed by atoms with Gasteiger partial charge in [-0.3, -0.25) is 33.2 Å². The van der Waals surface area contributed by atoms with Crippen LogP contribution in [0.3, 0.4) is 0 Å². The third kappa shape index (κ3) is 26.5. The number of amides is 4. The van der Waals surface area contributed by atoms with Crippen LogP contribution in [0.4, 0.5) is 106 Å². The van der Waals surface area contributed by atoms with Crippen molar-refractivity contribution >= 4 is 53.8 Å². The summed E-state index contributed by atoms with van der Waals surface area (Å²) in [6, 6.07) is 1.55. The van der Waals surface area contributed by atoms with Crippen LogP contribution >= 0.6 is 0 Å². The summed E-state index contributed by atoms with van der Waals surface area (Å²) in [6.45, 7) is 4.90. The Morgan fingerprint density at radius 3 is 0.915 bits per heavy atom. The van der Waals surface area contributed by atoms with Crippen molar-refractivity contribution in [2.45, 2.75) is 248 Å². The van der Waals surface area contributed by atoms with E-state index < -0.39 is 143 Å². The molecule has 0 radical (unpaired) electrons. The van der Waals surface area contributed by atoms with Gasteiger partial charge in [-0.15, -0.1) is 0 Å². The summed E-state index contributed by atoms with van der Waals surface area (Å²) < 4.78 is 257. The third-order valence-electron chi connectivity index (χ3n) is 27.4. The van der Waals surface area contributed by atoms with Crippen molar-refractivity contribution in [2.24, 2.45) is 44.8 Å². The first-order valence-corrected chi connectivity index (χ1v) is 46.4. The number of nitrogens with zero attached hydrogens (tertiary/aromatic N) is 19. The highest BCUT2D eigenvalue weighted by molar-refractivity contribution is 5.78. The maximum Gasteiger partial charge on any atom is 0.416 e. The van der Waals surface area contributed by atoms with Gasteiger partial charge >= 0.3 is 67.1 Å². The number of carbonyl (C=O) groups excluding carboxylic acids is 3.